The average Bonchev–Trinajstić information content (AvgIpc) is 2.83. The van der Waals surface area contributed by atoms with Crippen molar-refractivity contribution in [3.63, 3.8) is 0 Å². The van der Waals surface area contributed by atoms with Gasteiger partial charge in [-0.25, -0.2) is 9.78 Å². The molecule has 0 bridgehead atoms. The number of aromatic nitrogens is 1. The molecule has 118 valence electrons. The number of rotatable bonds is 5. The summed E-state index contributed by atoms with van der Waals surface area (Å²) in [5.74, 6) is -1.03. The highest BCUT2D eigenvalue weighted by molar-refractivity contribution is 7.13. The van der Waals surface area contributed by atoms with Crippen LogP contribution in [0.25, 0.3) is 0 Å². The molecule has 0 aliphatic heterocycles. The predicted octanol–water partition coefficient (Wildman–Crippen LogP) is 3.16. The van der Waals surface area contributed by atoms with E-state index in [1.54, 1.807) is 0 Å². The van der Waals surface area contributed by atoms with E-state index in [-0.39, 0.29) is 18.0 Å². The summed E-state index contributed by atoms with van der Waals surface area (Å²) in [6, 6.07) is -0.579. The standard InChI is InChI=1S/C14H23N3O3S/c1-6-9(2)17(7-11(18)19)13(20)16-12-15-10(8-21-12)14(3,4)5/h8-9H,6-7H2,1-5H3,(H,18,19)(H,15,16,20). The van der Waals surface area contributed by atoms with Gasteiger partial charge in [0.25, 0.3) is 0 Å². The zero-order chi connectivity index (χ0) is 16.2. The highest BCUT2D eigenvalue weighted by Crippen LogP contribution is 2.26. The van der Waals surface area contributed by atoms with Crippen molar-refractivity contribution in [2.24, 2.45) is 0 Å². The molecule has 2 N–H and O–H groups in total. The van der Waals surface area contributed by atoms with Gasteiger partial charge in [-0.05, 0) is 13.3 Å². The van der Waals surface area contributed by atoms with Gasteiger partial charge in [-0.15, -0.1) is 11.3 Å². The van der Waals surface area contributed by atoms with Crippen LogP contribution < -0.4 is 5.32 Å². The molecule has 0 saturated carbocycles. The minimum Gasteiger partial charge on any atom is -0.480 e. The van der Waals surface area contributed by atoms with Gasteiger partial charge in [0.1, 0.15) is 6.54 Å². The quantitative estimate of drug-likeness (QED) is 0.874. The van der Waals surface area contributed by atoms with Crippen LogP contribution in [-0.2, 0) is 10.2 Å². The van der Waals surface area contributed by atoms with Crippen molar-refractivity contribution >= 4 is 28.5 Å². The Morgan fingerprint density at radius 1 is 1.48 bits per heavy atom. The van der Waals surface area contributed by atoms with E-state index in [1.165, 1.54) is 16.2 Å². The Hall–Kier alpha value is -1.63. The van der Waals surface area contributed by atoms with Crippen molar-refractivity contribution in [1.29, 1.82) is 0 Å². The zero-order valence-corrected chi connectivity index (χ0v) is 14.0. The monoisotopic (exact) mass is 313 g/mol. The van der Waals surface area contributed by atoms with E-state index in [4.69, 9.17) is 5.11 Å². The lowest BCUT2D eigenvalue weighted by molar-refractivity contribution is -0.138. The first-order valence-corrected chi connectivity index (χ1v) is 7.78. The number of carboxylic acid groups (broad SMARTS) is 1. The smallest absolute Gasteiger partial charge is 0.324 e. The third-order valence-electron chi connectivity index (χ3n) is 3.18. The van der Waals surface area contributed by atoms with Gasteiger partial charge in [-0.3, -0.25) is 10.1 Å². The van der Waals surface area contributed by atoms with E-state index in [1.807, 2.05) is 40.0 Å². The number of carboxylic acids is 1. The van der Waals surface area contributed by atoms with Gasteiger partial charge in [0, 0.05) is 16.8 Å². The van der Waals surface area contributed by atoms with Crippen LogP contribution in [0.15, 0.2) is 5.38 Å². The molecule has 1 heterocycles. The molecule has 1 aromatic rings. The summed E-state index contributed by atoms with van der Waals surface area (Å²) in [6.45, 7) is 9.55. The number of nitrogens with one attached hydrogen (secondary N) is 1. The van der Waals surface area contributed by atoms with Gasteiger partial charge in [-0.2, -0.15) is 0 Å². The van der Waals surface area contributed by atoms with Crippen LogP contribution in [0, 0.1) is 0 Å². The lowest BCUT2D eigenvalue weighted by Gasteiger charge is -2.26. The maximum Gasteiger partial charge on any atom is 0.324 e. The fraction of sp³-hybridized carbons (Fsp3) is 0.643. The molecule has 0 aliphatic carbocycles. The summed E-state index contributed by atoms with van der Waals surface area (Å²) >= 11 is 1.34. The van der Waals surface area contributed by atoms with Gasteiger partial charge in [0.2, 0.25) is 0 Å². The number of hydrogen-bond acceptors (Lipinski definition) is 4. The molecule has 6 nitrogen and oxygen atoms in total. The number of thiazole rings is 1. The molecular weight excluding hydrogens is 290 g/mol. The second-order valence-electron chi connectivity index (χ2n) is 6.00. The Balaban J connectivity index is 2.81. The minimum atomic E-state index is -1.03. The Morgan fingerprint density at radius 3 is 2.52 bits per heavy atom. The number of aliphatic carboxylic acids is 1. The molecular formula is C14H23N3O3S. The number of amides is 2. The number of urea groups is 1. The molecule has 1 aromatic heterocycles. The van der Waals surface area contributed by atoms with Gasteiger partial charge < -0.3 is 10.0 Å². The third-order valence-corrected chi connectivity index (χ3v) is 3.93. The summed E-state index contributed by atoms with van der Waals surface area (Å²) in [4.78, 5) is 28.8. The maximum atomic E-state index is 12.2. The van der Waals surface area contributed by atoms with Crippen molar-refractivity contribution in [2.75, 3.05) is 11.9 Å². The van der Waals surface area contributed by atoms with Crippen LogP contribution in [-0.4, -0.2) is 39.6 Å². The summed E-state index contributed by atoms with van der Waals surface area (Å²) in [5.41, 5.74) is 0.813. The van der Waals surface area contributed by atoms with Crippen molar-refractivity contribution < 1.29 is 14.7 Å². The number of hydrogen-bond donors (Lipinski definition) is 2. The van der Waals surface area contributed by atoms with Crippen LogP contribution >= 0.6 is 11.3 Å². The molecule has 21 heavy (non-hydrogen) atoms. The number of carbonyl (C=O) groups is 2. The maximum absolute atomic E-state index is 12.2. The van der Waals surface area contributed by atoms with E-state index in [9.17, 15) is 9.59 Å². The summed E-state index contributed by atoms with van der Waals surface area (Å²) in [5, 5.41) is 14.0. The molecule has 1 rings (SSSR count). The molecule has 1 atom stereocenters. The SMILES string of the molecule is CCC(C)N(CC(=O)O)C(=O)Nc1nc(C(C)(C)C)cs1. The summed E-state index contributed by atoms with van der Waals surface area (Å²) in [6.07, 6.45) is 0.686. The molecule has 0 saturated heterocycles. The van der Waals surface area contributed by atoms with Crippen LogP contribution in [0.5, 0.6) is 0 Å². The Kier molecular flexibility index (Phi) is 5.71. The second-order valence-corrected chi connectivity index (χ2v) is 6.86. The van der Waals surface area contributed by atoms with E-state index < -0.39 is 12.0 Å². The zero-order valence-electron chi connectivity index (χ0n) is 13.1. The number of carbonyl (C=O) groups excluding carboxylic acids is 1. The lowest BCUT2D eigenvalue weighted by atomic mass is 9.93. The highest BCUT2D eigenvalue weighted by atomic mass is 32.1. The number of anilines is 1. The van der Waals surface area contributed by atoms with Crippen LogP contribution in [0.1, 0.15) is 46.7 Å². The first-order valence-electron chi connectivity index (χ1n) is 6.90. The normalized spacial score (nSPS) is 12.8. The average molecular weight is 313 g/mol. The first-order chi connectivity index (χ1) is 9.65. The lowest BCUT2D eigenvalue weighted by Crippen LogP contribution is -2.44. The molecule has 0 radical (unpaired) electrons. The largest absolute Gasteiger partial charge is 0.480 e. The fourth-order valence-corrected chi connectivity index (χ4v) is 2.56. The van der Waals surface area contributed by atoms with Crippen molar-refractivity contribution in [1.82, 2.24) is 9.88 Å². The van der Waals surface area contributed by atoms with Crippen molar-refractivity contribution in [2.45, 2.75) is 52.5 Å². The fourth-order valence-electron chi connectivity index (χ4n) is 1.63. The predicted molar refractivity (Wildman–Crippen MR) is 83.9 cm³/mol. The molecule has 1 unspecified atom stereocenters. The topological polar surface area (TPSA) is 82.5 Å². The van der Waals surface area contributed by atoms with Gasteiger partial charge in [0.15, 0.2) is 5.13 Å². The Labute approximate surface area is 129 Å². The molecule has 0 spiro atoms. The van der Waals surface area contributed by atoms with E-state index in [0.29, 0.717) is 11.6 Å². The highest BCUT2D eigenvalue weighted by Gasteiger charge is 2.23. The summed E-state index contributed by atoms with van der Waals surface area (Å²) < 4.78 is 0. The molecule has 0 fully saturated rings. The number of nitrogens with zero attached hydrogens (tertiary/aromatic N) is 2. The Bertz CT molecular complexity index is 508. The second kappa shape index (κ2) is 6.89. The molecule has 0 aliphatic rings. The van der Waals surface area contributed by atoms with Crippen LogP contribution in [0.3, 0.4) is 0 Å². The van der Waals surface area contributed by atoms with Crippen molar-refractivity contribution in [3.05, 3.63) is 11.1 Å². The molecule has 7 heteroatoms. The van der Waals surface area contributed by atoms with Gasteiger partial charge in [-0.1, -0.05) is 27.7 Å². The first kappa shape index (κ1) is 17.4. The van der Waals surface area contributed by atoms with E-state index in [0.717, 1.165) is 5.69 Å². The van der Waals surface area contributed by atoms with Crippen molar-refractivity contribution in [3.8, 4) is 0 Å². The van der Waals surface area contributed by atoms with E-state index in [2.05, 4.69) is 10.3 Å². The molecule has 0 aromatic carbocycles. The van der Waals surface area contributed by atoms with Crippen LogP contribution in [0.4, 0.5) is 9.93 Å². The van der Waals surface area contributed by atoms with E-state index >= 15 is 0 Å². The summed E-state index contributed by atoms with van der Waals surface area (Å²) in [7, 11) is 0. The Morgan fingerprint density at radius 2 is 2.10 bits per heavy atom. The third kappa shape index (κ3) is 5.00. The molecule has 2 amide bonds. The van der Waals surface area contributed by atoms with Crippen LogP contribution in [0.2, 0.25) is 0 Å². The van der Waals surface area contributed by atoms with Gasteiger partial charge in [0.05, 0.1) is 5.69 Å². The minimum absolute atomic E-state index is 0.0864. The van der Waals surface area contributed by atoms with Gasteiger partial charge >= 0.3 is 12.0 Å².